The Kier molecular flexibility index (Phi) is 37.1. The third-order valence-corrected chi connectivity index (χ3v) is 10.1. The van der Waals surface area contributed by atoms with E-state index in [9.17, 15) is 14.2 Å². The molecule has 0 spiro atoms. The van der Waals surface area contributed by atoms with Crippen molar-refractivity contribution in [3.8, 4) is 0 Å². The summed E-state index contributed by atoms with van der Waals surface area (Å²) >= 11 is 0. The van der Waals surface area contributed by atoms with Gasteiger partial charge in [-0.05, 0) is 12.8 Å². The molecule has 2 N–H and O–H groups in total. The van der Waals surface area contributed by atoms with Gasteiger partial charge in [0.1, 0.15) is 6.61 Å². The van der Waals surface area contributed by atoms with Crippen molar-refractivity contribution in [3.05, 3.63) is 0 Å². The Hall–Kier alpha value is -0.950. The number of unbranched alkanes of at least 4 members (excludes halogenated alkanes) is 30. The van der Waals surface area contributed by atoms with Gasteiger partial charge in [0.15, 0.2) is 6.10 Å². The number of hydrogen-bond acceptors (Lipinski definition) is 6. The molecule has 0 bridgehead atoms. The Balaban J connectivity index is 3.85. The first-order valence-corrected chi connectivity index (χ1v) is 22.9. The van der Waals surface area contributed by atoms with Crippen LogP contribution in [0.1, 0.15) is 232 Å². The van der Waals surface area contributed by atoms with E-state index in [0.29, 0.717) is 6.42 Å². The van der Waals surface area contributed by atoms with Gasteiger partial charge in [-0.15, -0.1) is 0 Å². The van der Waals surface area contributed by atoms with E-state index in [2.05, 4.69) is 18.4 Å². The lowest BCUT2D eigenvalue weighted by Crippen LogP contribution is -2.29. The SMILES string of the molecule is CCCCCCCCCCCCCCCCCCCC(=O)OC[C@H](COP(=O)(O)O)OC(=O)CCCCCCCCCCCCCCCCC. The molecule has 0 fully saturated rings. The molecule has 0 aliphatic carbocycles. The highest BCUT2D eigenvalue weighted by Gasteiger charge is 2.22. The Morgan fingerprint density at radius 3 is 1.02 bits per heavy atom. The zero-order valence-electron chi connectivity index (χ0n) is 32.8. The number of phosphoric acid groups is 1. The van der Waals surface area contributed by atoms with Crippen LogP contribution >= 0.6 is 7.82 Å². The normalized spacial score (nSPS) is 12.3. The molecule has 298 valence electrons. The van der Waals surface area contributed by atoms with Gasteiger partial charge in [0.05, 0.1) is 6.61 Å². The molecule has 1 atom stereocenters. The summed E-state index contributed by atoms with van der Waals surface area (Å²) in [5.41, 5.74) is 0. The summed E-state index contributed by atoms with van der Waals surface area (Å²) in [5, 5.41) is 0. The summed E-state index contributed by atoms with van der Waals surface area (Å²) in [5.74, 6) is -0.867. The molecule has 0 aliphatic rings. The molecule has 0 rings (SSSR count). The summed E-state index contributed by atoms with van der Waals surface area (Å²) < 4.78 is 26.4. The first-order chi connectivity index (χ1) is 24.3. The largest absolute Gasteiger partial charge is 0.469 e. The second-order valence-electron chi connectivity index (χ2n) is 14.7. The zero-order chi connectivity index (χ0) is 36.8. The smallest absolute Gasteiger partial charge is 0.462 e. The molecule has 0 heterocycles. The lowest BCUT2D eigenvalue weighted by molar-refractivity contribution is -0.161. The molecule has 9 heteroatoms. The van der Waals surface area contributed by atoms with E-state index < -0.39 is 32.5 Å². The zero-order valence-corrected chi connectivity index (χ0v) is 33.7. The van der Waals surface area contributed by atoms with Crippen molar-refractivity contribution >= 4 is 19.8 Å². The molecule has 8 nitrogen and oxygen atoms in total. The van der Waals surface area contributed by atoms with Gasteiger partial charge in [-0.3, -0.25) is 14.1 Å². The van der Waals surface area contributed by atoms with Gasteiger partial charge in [-0.2, -0.15) is 0 Å². The maximum absolute atomic E-state index is 12.4. The van der Waals surface area contributed by atoms with Gasteiger partial charge in [-0.1, -0.05) is 206 Å². The highest BCUT2D eigenvalue weighted by atomic mass is 31.2. The standard InChI is InChI=1S/C41H81O8P/c1-3-5-7-9-11-13-15-17-19-20-22-23-25-27-29-31-33-35-40(42)47-37-39(38-48-50(44,45)46)49-41(43)36-34-32-30-28-26-24-21-18-16-14-12-10-8-6-4-2/h39H,3-38H2,1-2H3,(H2,44,45,46)/t39-/m1/s1. The Morgan fingerprint density at radius 2 is 0.720 bits per heavy atom. The summed E-state index contributed by atoms with van der Waals surface area (Å²) in [6.07, 6.45) is 39.6. The van der Waals surface area contributed by atoms with Crippen molar-refractivity contribution in [1.82, 2.24) is 0 Å². The first-order valence-electron chi connectivity index (χ1n) is 21.3. The number of carbonyl (C=O) groups is 2. The highest BCUT2D eigenvalue weighted by molar-refractivity contribution is 7.46. The summed E-state index contributed by atoms with van der Waals surface area (Å²) in [7, 11) is -4.74. The molecule has 0 saturated heterocycles. The van der Waals surface area contributed by atoms with Crippen LogP contribution in [0.25, 0.3) is 0 Å². The van der Waals surface area contributed by atoms with Crippen molar-refractivity contribution in [2.75, 3.05) is 13.2 Å². The van der Waals surface area contributed by atoms with Crippen LogP contribution in [0, 0.1) is 0 Å². The quantitative estimate of drug-likeness (QED) is 0.0363. The van der Waals surface area contributed by atoms with Crippen LogP contribution in [0.4, 0.5) is 0 Å². The predicted molar refractivity (Wildman–Crippen MR) is 207 cm³/mol. The first kappa shape index (κ1) is 49.0. The fourth-order valence-electron chi connectivity index (χ4n) is 6.43. The average molecular weight is 733 g/mol. The average Bonchev–Trinajstić information content (AvgIpc) is 3.08. The maximum Gasteiger partial charge on any atom is 0.469 e. The van der Waals surface area contributed by atoms with Gasteiger partial charge >= 0.3 is 19.8 Å². The molecular weight excluding hydrogens is 651 g/mol. The molecule has 0 saturated carbocycles. The van der Waals surface area contributed by atoms with Gasteiger partial charge < -0.3 is 19.3 Å². The number of hydrogen-bond donors (Lipinski definition) is 2. The third-order valence-electron chi connectivity index (χ3n) is 9.63. The van der Waals surface area contributed by atoms with E-state index in [4.69, 9.17) is 19.3 Å². The van der Waals surface area contributed by atoms with E-state index in [-0.39, 0.29) is 19.4 Å². The minimum absolute atomic E-state index is 0.220. The van der Waals surface area contributed by atoms with Gasteiger partial charge in [0, 0.05) is 12.8 Å². The number of carbonyl (C=O) groups excluding carboxylic acids is 2. The number of esters is 2. The molecule has 0 aromatic carbocycles. The van der Waals surface area contributed by atoms with Crippen LogP contribution < -0.4 is 0 Å². The molecule has 0 aliphatic heterocycles. The molecule has 0 unspecified atom stereocenters. The third kappa shape index (κ3) is 39.8. The lowest BCUT2D eigenvalue weighted by Gasteiger charge is -2.18. The minimum Gasteiger partial charge on any atom is -0.462 e. The van der Waals surface area contributed by atoms with Crippen LogP contribution in [0.3, 0.4) is 0 Å². The van der Waals surface area contributed by atoms with E-state index in [1.54, 1.807) is 0 Å². The van der Waals surface area contributed by atoms with Crippen LogP contribution in [-0.4, -0.2) is 41.0 Å². The molecule has 0 amide bonds. The van der Waals surface area contributed by atoms with Gasteiger partial charge in [0.25, 0.3) is 0 Å². The van der Waals surface area contributed by atoms with Crippen molar-refractivity contribution in [3.63, 3.8) is 0 Å². The van der Waals surface area contributed by atoms with Crippen molar-refractivity contribution in [2.24, 2.45) is 0 Å². The molecular formula is C41H81O8P. The van der Waals surface area contributed by atoms with Crippen molar-refractivity contribution in [1.29, 1.82) is 0 Å². The maximum atomic E-state index is 12.4. The van der Waals surface area contributed by atoms with E-state index in [1.165, 1.54) is 167 Å². The summed E-state index contributed by atoms with van der Waals surface area (Å²) in [6, 6.07) is 0. The lowest BCUT2D eigenvalue weighted by atomic mass is 10.0. The van der Waals surface area contributed by atoms with E-state index in [0.717, 1.165) is 32.1 Å². The van der Waals surface area contributed by atoms with Gasteiger partial charge in [0.2, 0.25) is 0 Å². The highest BCUT2D eigenvalue weighted by Crippen LogP contribution is 2.36. The minimum atomic E-state index is -4.74. The Morgan fingerprint density at radius 1 is 0.440 bits per heavy atom. The van der Waals surface area contributed by atoms with Crippen LogP contribution in [0.2, 0.25) is 0 Å². The summed E-state index contributed by atoms with van der Waals surface area (Å²) in [4.78, 5) is 42.8. The molecule has 0 aromatic heterocycles. The predicted octanol–water partition coefficient (Wildman–Crippen LogP) is 12.9. The monoisotopic (exact) mass is 733 g/mol. The Bertz CT molecular complexity index is 787. The van der Waals surface area contributed by atoms with Crippen LogP contribution in [0.5, 0.6) is 0 Å². The fourth-order valence-corrected chi connectivity index (χ4v) is 6.79. The van der Waals surface area contributed by atoms with E-state index >= 15 is 0 Å². The number of ether oxygens (including phenoxy) is 2. The molecule has 50 heavy (non-hydrogen) atoms. The molecule has 0 aromatic rings. The van der Waals surface area contributed by atoms with Crippen LogP contribution in [0.15, 0.2) is 0 Å². The fraction of sp³-hybridized carbons (Fsp3) is 0.951. The van der Waals surface area contributed by atoms with Crippen molar-refractivity contribution in [2.45, 2.75) is 238 Å². The second kappa shape index (κ2) is 37.8. The van der Waals surface area contributed by atoms with Crippen LogP contribution in [-0.2, 0) is 28.2 Å². The topological polar surface area (TPSA) is 119 Å². The van der Waals surface area contributed by atoms with Crippen molar-refractivity contribution < 1.29 is 37.9 Å². The van der Waals surface area contributed by atoms with Gasteiger partial charge in [-0.25, -0.2) is 4.57 Å². The molecule has 0 radical (unpaired) electrons. The Labute approximate surface area is 308 Å². The summed E-state index contributed by atoms with van der Waals surface area (Å²) in [6.45, 7) is 3.72. The second-order valence-corrected chi connectivity index (χ2v) is 15.9. The van der Waals surface area contributed by atoms with E-state index in [1.807, 2.05) is 0 Å². The number of phosphoric ester groups is 1. The number of rotatable bonds is 40.